The molecule has 3 aromatic rings. The standard InChI is InChI=1S/C15H14O5/c1-4-18-15-13-9(5-6-19-13)12(17-3)11-10(16)7-8(2)20-14(11)15/h5-7H,4H2,1-3H3. The smallest absolute Gasteiger partial charge is 0.206 e. The molecule has 0 atom stereocenters. The van der Waals surface area contributed by atoms with Crippen LogP contribution in [0.5, 0.6) is 11.5 Å². The average molecular weight is 274 g/mol. The second kappa shape index (κ2) is 4.59. The number of hydrogen-bond acceptors (Lipinski definition) is 5. The van der Waals surface area contributed by atoms with Gasteiger partial charge in [-0.3, -0.25) is 4.79 Å². The van der Waals surface area contributed by atoms with Crippen molar-refractivity contribution >= 4 is 21.9 Å². The molecule has 0 fully saturated rings. The third-order valence-corrected chi connectivity index (χ3v) is 3.11. The van der Waals surface area contributed by atoms with Crippen LogP contribution in [0.4, 0.5) is 0 Å². The van der Waals surface area contributed by atoms with Gasteiger partial charge in [0.1, 0.15) is 16.9 Å². The molecule has 2 heterocycles. The van der Waals surface area contributed by atoms with Crippen LogP contribution in [0, 0.1) is 6.92 Å². The predicted molar refractivity (Wildman–Crippen MR) is 74.7 cm³/mol. The maximum Gasteiger partial charge on any atom is 0.206 e. The topological polar surface area (TPSA) is 61.8 Å². The Morgan fingerprint density at radius 1 is 1.25 bits per heavy atom. The molecule has 0 bridgehead atoms. The van der Waals surface area contributed by atoms with Crippen LogP contribution in [0.3, 0.4) is 0 Å². The van der Waals surface area contributed by atoms with E-state index in [1.54, 1.807) is 13.0 Å². The summed E-state index contributed by atoms with van der Waals surface area (Å²) in [6, 6.07) is 3.18. The van der Waals surface area contributed by atoms with Gasteiger partial charge in [-0.05, 0) is 19.9 Å². The first kappa shape index (κ1) is 12.6. The average Bonchev–Trinajstić information content (AvgIpc) is 2.88. The molecule has 0 spiro atoms. The monoisotopic (exact) mass is 274 g/mol. The zero-order valence-electron chi connectivity index (χ0n) is 11.5. The number of furan rings is 1. The lowest BCUT2D eigenvalue weighted by Gasteiger charge is -2.11. The summed E-state index contributed by atoms with van der Waals surface area (Å²) in [5.41, 5.74) is 0.714. The molecule has 0 aliphatic carbocycles. The Labute approximate surface area is 114 Å². The summed E-state index contributed by atoms with van der Waals surface area (Å²) in [5, 5.41) is 1.06. The number of fused-ring (bicyclic) bond motifs is 2. The molecule has 0 saturated heterocycles. The molecule has 104 valence electrons. The van der Waals surface area contributed by atoms with Gasteiger partial charge in [-0.2, -0.15) is 0 Å². The van der Waals surface area contributed by atoms with Gasteiger partial charge in [-0.25, -0.2) is 0 Å². The SMILES string of the molecule is CCOc1c2occc2c(OC)c2c(=O)cc(C)oc12. The van der Waals surface area contributed by atoms with Gasteiger partial charge in [0.2, 0.25) is 5.75 Å². The Balaban J connectivity index is 2.61. The maximum atomic E-state index is 12.3. The zero-order valence-corrected chi connectivity index (χ0v) is 11.5. The molecule has 1 aromatic carbocycles. The number of rotatable bonds is 3. The summed E-state index contributed by atoms with van der Waals surface area (Å²) < 4.78 is 22.1. The molecule has 5 heteroatoms. The molecular weight excluding hydrogens is 260 g/mol. The van der Waals surface area contributed by atoms with Crippen LogP contribution < -0.4 is 14.9 Å². The van der Waals surface area contributed by atoms with E-state index in [-0.39, 0.29) is 5.43 Å². The highest BCUT2D eigenvalue weighted by Crippen LogP contribution is 2.42. The van der Waals surface area contributed by atoms with Gasteiger partial charge in [0.15, 0.2) is 16.6 Å². The van der Waals surface area contributed by atoms with Crippen LogP contribution in [-0.4, -0.2) is 13.7 Å². The molecule has 0 amide bonds. The summed E-state index contributed by atoms with van der Waals surface area (Å²) in [5.74, 6) is 1.39. The van der Waals surface area contributed by atoms with Crippen molar-refractivity contribution in [1.29, 1.82) is 0 Å². The number of benzene rings is 1. The number of hydrogen-bond donors (Lipinski definition) is 0. The van der Waals surface area contributed by atoms with Gasteiger partial charge in [0, 0.05) is 6.07 Å². The minimum atomic E-state index is -0.162. The lowest BCUT2D eigenvalue weighted by Crippen LogP contribution is -2.05. The van der Waals surface area contributed by atoms with E-state index in [0.29, 0.717) is 45.8 Å². The summed E-state index contributed by atoms with van der Waals surface area (Å²) in [6.45, 7) is 4.02. The van der Waals surface area contributed by atoms with Crippen molar-refractivity contribution in [3.8, 4) is 11.5 Å². The molecule has 0 aliphatic heterocycles. The first-order chi connectivity index (χ1) is 9.67. The summed E-state index contributed by atoms with van der Waals surface area (Å²) in [4.78, 5) is 12.3. The molecule has 0 N–H and O–H groups in total. The van der Waals surface area contributed by atoms with Crippen molar-refractivity contribution in [1.82, 2.24) is 0 Å². The zero-order chi connectivity index (χ0) is 14.3. The normalized spacial score (nSPS) is 11.2. The van der Waals surface area contributed by atoms with Gasteiger partial charge in [-0.1, -0.05) is 0 Å². The molecule has 3 rings (SSSR count). The summed E-state index contributed by atoms with van der Waals surface area (Å²) in [7, 11) is 1.51. The van der Waals surface area contributed by atoms with E-state index in [1.165, 1.54) is 19.4 Å². The van der Waals surface area contributed by atoms with Gasteiger partial charge in [-0.15, -0.1) is 0 Å². The Morgan fingerprint density at radius 2 is 2.05 bits per heavy atom. The van der Waals surface area contributed by atoms with Gasteiger partial charge in [0.25, 0.3) is 0 Å². The summed E-state index contributed by atoms with van der Waals surface area (Å²) >= 11 is 0. The molecule has 20 heavy (non-hydrogen) atoms. The van der Waals surface area contributed by atoms with Crippen LogP contribution in [0.2, 0.25) is 0 Å². The molecule has 0 aliphatic rings. The second-order valence-electron chi connectivity index (χ2n) is 4.38. The molecule has 2 aromatic heterocycles. The molecular formula is C15H14O5. The lowest BCUT2D eigenvalue weighted by atomic mass is 10.1. The van der Waals surface area contributed by atoms with Crippen molar-refractivity contribution < 1.29 is 18.3 Å². The Kier molecular flexibility index (Phi) is 2.89. The highest BCUT2D eigenvalue weighted by Gasteiger charge is 2.22. The highest BCUT2D eigenvalue weighted by molar-refractivity contribution is 6.06. The first-order valence-electron chi connectivity index (χ1n) is 6.31. The fourth-order valence-electron chi connectivity index (χ4n) is 2.37. The van der Waals surface area contributed by atoms with E-state index in [9.17, 15) is 4.79 Å². The van der Waals surface area contributed by atoms with Gasteiger partial charge < -0.3 is 18.3 Å². The van der Waals surface area contributed by atoms with Crippen LogP contribution >= 0.6 is 0 Å². The van der Waals surface area contributed by atoms with Crippen molar-refractivity contribution in [2.45, 2.75) is 13.8 Å². The predicted octanol–water partition coefficient (Wildman–Crippen LogP) is 3.25. The van der Waals surface area contributed by atoms with E-state index >= 15 is 0 Å². The molecule has 0 saturated carbocycles. The molecule has 5 nitrogen and oxygen atoms in total. The van der Waals surface area contributed by atoms with Crippen molar-refractivity contribution in [2.75, 3.05) is 13.7 Å². The van der Waals surface area contributed by atoms with E-state index in [2.05, 4.69) is 0 Å². The Hall–Kier alpha value is -2.43. The molecule has 0 unspecified atom stereocenters. The Morgan fingerprint density at radius 3 is 2.75 bits per heavy atom. The van der Waals surface area contributed by atoms with Crippen molar-refractivity contribution in [2.24, 2.45) is 0 Å². The van der Waals surface area contributed by atoms with Crippen molar-refractivity contribution in [3.05, 3.63) is 34.4 Å². The van der Waals surface area contributed by atoms with Crippen molar-refractivity contribution in [3.63, 3.8) is 0 Å². The fraction of sp³-hybridized carbons (Fsp3) is 0.267. The lowest BCUT2D eigenvalue weighted by molar-refractivity contribution is 0.335. The first-order valence-corrected chi connectivity index (χ1v) is 6.31. The molecule has 0 radical (unpaired) electrons. The fourth-order valence-corrected chi connectivity index (χ4v) is 2.37. The minimum absolute atomic E-state index is 0.162. The quantitative estimate of drug-likeness (QED) is 0.733. The second-order valence-corrected chi connectivity index (χ2v) is 4.38. The van der Waals surface area contributed by atoms with E-state index in [1.807, 2.05) is 6.92 Å². The largest absolute Gasteiger partial charge is 0.495 e. The number of methoxy groups -OCH3 is 1. The maximum absolute atomic E-state index is 12.3. The highest BCUT2D eigenvalue weighted by atomic mass is 16.5. The Bertz CT molecular complexity index is 841. The number of ether oxygens (including phenoxy) is 2. The van der Waals surface area contributed by atoms with Crippen LogP contribution in [-0.2, 0) is 0 Å². The van der Waals surface area contributed by atoms with E-state index in [0.717, 1.165) is 0 Å². The third kappa shape index (κ3) is 1.66. The van der Waals surface area contributed by atoms with Crippen LogP contribution in [0.1, 0.15) is 12.7 Å². The van der Waals surface area contributed by atoms with E-state index < -0.39 is 0 Å². The van der Waals surface area contributed by atoms with Gasteiger partial charge >= 0.3 is 0 Å². The third-order valence-electron chi connectivity index (χ3n) is 3.11. The van der Waals surface area contributed by atoms with Crippen LogP contribution in [0.15, 0.2) is 32.0 Å². The van der Waals surface area contributed by atoms with E-state index in [4.69, 9.17) is 18.3 Å². The summed E-state index contributed by atoms with van der Waals surface area (Å²) in [6.07, 6.45) is 1.53. The number of aryl methyl sites for hydroxylation is 1. The van der Waals surface area contributed by atoms with Gasteiger partial charge in [0.05, 0.1) is 25.4 Å². The van der Waals surface area contributed by atoms with Crippen LogP contribution in [0.25, 0.3) is 21.9 Å². The minimum Gasteiger partial charge on any atom is -0.495 e.